The zero-order chi connectivity index (χ0) is 14.6. The molecule has 1 aromatic carbocycles. The molecule has 0 spiro atoms. The summed E-state index contributed by atoms with van der Waals surface area (Å²) in [5, 5.41) is 0. The number of rotatable bonds is 6. The number of hydrogen-bond donors (Lipinski definition) is 0. The number of halogens is 1. The fourth-order valence-electron chi connectivity index (χ4n) is 2.43. The Morgan fingerprint density at radius 3 is 2.40 bits per heavy atom. The maximum atomic E-state index is 12.4. The zero-order valence-corrected chi connectivity index (χ0v) is 14.2. The van der Waals surface area contributed by atoms with Crippen molar-refractivity contribution in [1.29, 1.82) is 0 Å². The summed E-state index contributed by atoms with van der Waals surface area (Å²) in [7, 11) is -1.70. The van der Waals surface area contributed by atoms with E-state index in [2.05, 4.69) is 20.8 Å². The van der Waals surface area contributed by atoms with E-state index in [1.807, 2.05) is 0 Å². The van der Waals surface area contributed by atoms with E-state index < -0.39 is 10.0 Å². The summed E-state index contributed by atoms with van der Waals surface area (Å²) in [6, 6.07) is 6.78. The van der Waals surface area contributed by atoms with Gasteiger partial charge < -0.3 is 4.90 Å². The van der Waals surface area contributed by atoms with E-state index in [-0.39, 0.29) is 0 Å². The van der Waals surface area contributed by atoms with Crippen LogP contribution in [0.5, 0.6) is 0 Å². The zero-order valence-electron chi connectivity index (χ0n) is 11.8. The Morgan fingerprint density at radius 1 is 1.20 bits per heavy atom. The minimum atomic E-state index is -3.36. The largest absolute Gasteiger partial charge is 0.303 e. The fraction of sp³-hybridized carbons (Fsp3) is 0.571. The van der Waals surface area contributed by atoms with Gasteiger partial charge in [-0.1, -0.05) is 15.9 Å². The van der Waals surface area contributed by atoms with Crippen molar-refractivity contribution in [2.45, 2.75) is 24.2 Å². The first kappa shape index (κ1) is 15.9. The van der Waals surface area contributed by atoms with Crippen molar-refractivity contribution in [3.05, 3.63) is 28.7 Å². The average molecular weight is 361 g/mol. The quantitative estimate of drug-likeness (QED) is 0.782. The summed E-state index contributed by atoms with van der Waals surface area (Å²) in [4.78, 5) is 2.75. The summed E-state index contributed by atoms with van der Waals surface area (Å²) in [5.41, 5.74) is 0. The molecule has 0 amide bonds. The Labute approximate surface area is 129 Å². The van der Waals surface area contributed by atoms with Crippen molar-refractivity contribution in [3.63, 3.8) is 0 Å². The summed E-state index contributed by atoms with van der Waals surface area (Å²) < 4.78 is 27.1. The van der Waals surface area contributed by atoms with Crippen LogP contribution in [0, 0.1) is 0 Å². The molecule has 0 aliphatic carbocycles. The second kappa shape index (κ2) is 7.02. The van der Waals surface area contributed by atoms with Crippen LogP contribution in [0.25, 0.3) is 0 Å². The van der Waals surface area contributed by atoms with Gasteiger partial charge in [0.25, 0.3) is 0 Å². The lowest BCUT2D eigenvalue weighted by Gasteiger charge is -2.19. The average Bonchev–Trinajstić information content (AvgIpc) is 2.92. The van der Waals surface area contributed by atoms with E-state index in [9.17, 15) is 8.42 Å². The standard InChI is InChI=1S/C14H21BrN2O2S/c1-16(9-4-12-17-10-2-3-11-17)20(18,19)14-7-5-13(15)6-8-14/h5-8H,2-4,9-12H2,1H3. The van der Waals surface area contributed by atoms with Crippen molar-refractivity contribution < 1.29 is 8.42 Å². The molecule has 1 aliphatic rings. The molecule has 1 aliphatic heterocycles. The highest BCUT2D eigenvalue weighted by atomic mass is 79.9. The van der Waals surface area contributed by atoms with Crippen molar-refractivity contribution in [2.24, 2.45) is 0 Å². The second-order valence-corrected chi connectivity index (χ2v) is 8.14. The van der Waals surface area contributed by atoms with Crippen LogP contribution < -0.4 is 0 Å². The Bertz CT molecular complexity index is 525. The van der Waals surface area contributed by atoms with E-state index in [0.29, 0.717) is 11.4 Å². The molecule has 20 heavy (non-hydrogen) atoms. The predicted molar refractivity (Wildman–Crippen MR) is 84.2 cm³/mol. The molecule has 0 saturated carbocycles. The second-order valence-electron chi connectivity index (χ2n) is 5.18. The number of hydrogen-bond acceptors (Lipinski definition) is 3. The molecular formula is C14H21BrN2O2S. The molecule has 1 saturated heterocycles. The van der Waals surface area contributed by atoms with Gasteiger partial charge >= 0.3 is 0 Å². The van der Waals surface area contributed by atoms with Crippen LogP contribution in [0.15, 0.2) is 33.6 Å². The van der Waals surface area contributed by atoms with Gasteiger partial charge in [-0.2, -0.15) is 0 Å². The van der Waals surface area contributed by atoms with Crippen molar-refractivity contribution in [3.8, 4) is 0 Å². The molecule has 0 bridgehead atoms. The van der Waals surface area contributed by atoms with E-state index in [0.717, 1.165) is 30.5 Å². The Balaban J connectivity index is 1.89. The van der Waals surface area contributed by atoms with E-state index in [1.165, 1.54) is 17.1 Å². The van der Waals surface area contributed by atoms with Gasteiger partial charge in [0.1, 0.15) is 0 Å². The number of sulfonamides is 1. The van der Waals surface area contributed by atoms with E-state index >= 15 is 0 Å². The molecule has 1 fully saturated rings. The molecule has 6 heteroatoms. The Morgan fingerprint density at radius 2 is 1.80 bits per heavy atom. The molecular weight excluding hydrogens is 340 g/mol. The van der Waals surface area contributed by atoms with Crippen LogP contribution in [0.2, 0.25) is 0 Å². The predicted octanol–water partition coefficient (Wildman–Crippen LogP) is 2.56. The van der Waals surface area contributed by atoms with E-state index in [4.69, 9.17) is 0 Å². The van der Waals surface area contributed by atoms with Crippen molar-refractivity contribution in [2.75, 3.05) is 33.2 Å². The van der Waals surface area contributed by atoms with Gasteiger partial charge in [0.05, 0.1) is 4.90 Å². The molecule has 4 nitrogen and oxygen atoms in total. The summed E-state index contributed by atoms with van der Waals surface area (Å²) in [6.45, 7) is 3.86. The van der Waals surface area contributed by atoms with Gasteiger partial charge in [-0.3, -0.25) is 0 Å². The first-order chi connectivity index (χ1) is 9.50. The summed E-state index contributed by atoms with van der Waals surface area (Å²) in [6.07, 6.45) is 3.42. The van der Waals surface area contributed by atoms with Gasteiger partial charge in [0.2, 0.25) is 10.0 Å². The Kier molecular flexibility index (Phi) is 5.60. The first-order valence-electron chi connectivity index (χ1n) is 6.94. The molecule has 1 heterocycles. The first-order valence-corrected chi connectivity index (χ1v) is 9.18. The van der Waals surface area contributed by atoms with Crippen LogP contribution in [0.4, 0.5) is 0 Å². The van der Waals surface area contributed by atoms with Gasteiger partial charge in [0.15, 0.2) is 0 Å². The molecule has 0 N–H and O–H groups in total. The minimum absolute atomic E-state index is 0.351. The lowest BCUT2D eigenvalue weighted by Crippen LogP contribution is -2.30. The number of likely N-dealkylation sites (tertiary alicyclic amines) is 1. The Hall–Kier alpha value is -0.430. The summed E-state index contributed by atoms with van der Waals surface area (Å²) >= 11 is 3.31. The maximum absolute atomic E-state index is 12.4. The molecule has 0 unspecified atom stereocenters. The highest BCUT2D eigenvalue weighted by Gasteiger charge is 2.20. The molecule has 1 aromatic rings. The maximum Gasteiger partial charge on any atom is 0.242 e. The highest BCUT2D eigenvalue weighted by molar-refractivity contribution is 9.10. The lowest BCUT2D eigenvalue weighted by molar-refractivity contribution is 0.319. The molecule has 0 atom stereocenters. The number of benzene rings is 1. The highest BCUT2D eigenvalue weighted by Crippen LogP contribution is 2.18. The SMILES string of the molecule is CN(CCCN1CCCC1)S(=O)(=O)c1ccc(Br)cc1. The molecule has 112 valence electrons. The van der Waals surface area contributed by atoms with E-state index in [1.54, 1.807) is 31.3 Å². The van der Waals surface area contributed by atoms with Crippen LogP contribution in [-0.2, 0) is 10.0 Å². The normalized spacial score (nSPS) is 16.9. The monoisotopic (exact) mass is 360 g/mol. The van der Waals surface area contributed by atoms with Crippen LogP contribution in [0.1, 0.15) is 19.3 Å². The lowest BCUT2D eigenvalue weighted by atomic mass is 10.4. The fourth-order valence-corrected chi connectivity index (χ4v) is 3.90. The smallest absolute Gasteiger partial charge is 0.242 e. The third kappa shape index (κ3) is 4.04. The summed E-state index contributed by atoms with van der Waals surface area (Å²) in [5.74, 6) is 0. The van der Waals surface area contributed by atoms with Crippen LogP contribution in [-0.4, -0.2) is 50.8 Å². The van der Waals surface area contributed by atoms with Gasteiger partial charge in [0, 0.05) is 18.1 Å². The van der Waals surface area contributed by atoms with Gasteiger partial charge in [-0.15, -0.1) is 0 Å². The van der Waals surface area contributed by atoms with Crippen molar-refractivity contribution in [1.82, 2.24) is 9.21 Å². The van der Waals surface area contributed by atoms with Gasteiger partial charge in [-0.05, 0) is 63.2 Å². The molecule has 0 radical (unpaired) electrons. The third-order valence-electron chi connectivity index (χ3n) is 3.67. The minimum Gasteiger partial charge on any atom is -0.303 e. The number of nitrogens with zero attached hydrogens (tertiary/aromatic N) is 2. The topological polar surface area (TPSA) is 40.6 Å². The van der Waals surface area contributed by atoms with Gasteiger partial charge in [-0.25, -0.2) is 12.7 Å². The van der Waals surface area contributed by atoms with Crippen LogP contribution >= 0.6 is 15.9 Å². The van der Waals surface area contributed by atoms with Crippen molar-refractivity contribution >= 4 is 26.0 Å². The molecule has 0 aromatic heterocycles. The van der Waals surface area contributed by atoms with Crippen LogP contribution in [0.3, 0.4) is 0 Å². The third-order valence-corrected chi connectivity index (χ3v) is 6.07. The molecule has 2 rings (SSSR count).